The molecule has 4 rings (SSSR count). The first kappa shape index (κ1) is 37.7. The van der Waals surface area contributed by atoms with E-state index >= 15 is 0 Å². The molecular weight excluding hydrogens is 677 g/mol. The van der Waals surface area contributed by atoms with Crippen LogP contribution < -0.4 is 10.2 Å². The van der Waals surface area contributed by atoms with Crippen molar-refractivity contribution >= 4 is 33.8 Å². The molecule has 0 bridgehead atoms. The Bertz CT molecular complexity index is 1740. The van der Waals surface area contributed by atoms with Gasteiger partial charge in [-0.1, -0.05) is 6.07 Å². The summed E-state index contributed by atoms with van der Waals surface area (Å²) in [4.78, 5) is 29.6. The van der Waals surface area contributed by atoms with E-state index in [1.54, 1.807) is 25.9 Å². The van der Waals surface area contributed by atoms with E-state index < -0.39 is 64.6 Å². The molecule has 2 heterocycles. The third kappa shape index (κ3) is 8.02. The van der Waals surface area contributed by atoms with Crippen LogP contribution in [0.3, 0.4) is 0 Å². The minimum absolute atomic E-state index is 0.00315. The molecule has 49 heavy (non-hydrogen) atoms. The number of anilines is 2. The number of ketones is 1. The number of Topliss-reactive ketones (excluding diaryl/α,β-unsaturated/α-hetero) is 1. The van der Waals surface area contributed by atoms with E-state index in [1.165, 1.54) is 43.4 Å². The summed E-state index contributed by atoms with van der Waals surface area (Å²) in [6, 6.07) is 6.56. The highest BCUT2D eigenvalue weighted by Crippen LogP contribution is 2.48. The number of hydrogen-bond acceptors (Lipinski definition) is 7. The highest BCUT2D eigenvalue weighted by atomic mass is 32.1. The van der Waals surface area contributed by atoms with Gasteiger partial charge in [0.05, 0.1) is 33.7 Å². The number of hydrogen-bond donors (Lipinski definition) is 2. The quantitative estimate of drug-likeness (QED) is 0.206. The number of nitrogens with one attached hydrogen (secondary N) is 1. The molecule has 1 fully saturated rings. The number of aliphatic carboxylic acids is 1. The molecule has 1 unspecified atom stereocenters. The Balaban J connectivity index is 1.71. The van der Waals surface area contributed by atoms with Gasteiger partial charge in [0, 0.05) is 13.1 Å². The largest absolute Gasteiger partial charge is 0.480 e. The number of benzene rings is 2. The molecule has 0 radical (unpaired) electrons. The smallest absolute Gasteiger partial charge is 0.416 e. The zero-order valence-corrected chi connectivity index (χ0v) is 28.1. The van der Waals surface area contributed by atoms with E-state index in [2.05, 4.69) is 11.4 Å². The first-order chi connectivity index (χ1) is 22.7. The summed E-state index contributed by atoms with van der Waals surface area (Å²) in [5.74, 6) is -2.34. The Morgan fingerprint density at radius 3 is 2.04 bits per heavy atom. The number of carboxylic acids is 1. The SMILES string of the molecule is Cc1cc(F)ccc1-c1sc(N2CCC(C(C(=O)O)N(C)C)CC2)c(C#N)c1NCC(=O)C(C)(C)c1cc(C(F)(F)F)cc(C(F)(F)F)c1. The maximum absolute atomic E-state index is 14.1. The molecular formula is C34H35F7N4O3S. The van der Waals surface area contributed by atoms with Crippen molar-refractivity contribution < 1.29 is 45.4 Å². The lowest BCUT2D eigenvalue weighted by Crippen LogP contribution is -2.47. The second-order valence-electron chi connectivity index (χ2n) is 12.8. The van der Waals surface area contributed by atoms with Gasteiger partial charge in [-0.2, -0.15) is 31.6 Å². The van der Waals surface area contributed by atoms with E-state index in [9.17, 15) is 50.7 Å². The monoisotopic (exact) mass is 712 g/mol. The first-order valence-electron chi connectivity index (χ1n) is 15.2. The summed E-state index contributed by atoms with van der Waals surface area (Å²) >= 11 is 1.21. The number of thiophene rings is 1. The molecule has 0 amide bonds. The summed E-state index contributed by atoms with van der Waals surface area (Å²) in [5, 5.41) is 23.6. The van der Waals surface area contributed by atoms with Gasteiger partial charge in [-0.25, -0.2) is 4.39 Å². The Morgan fingerprint density at radius 2 is 1.57 bits per heavy atom. The molecule has 1 aromatic heterocycles. The first-order valence-corrected chi connectivity index (χ1v) is 16.0. The second-order valence-corrected chi connectivity index (χ2v) is 13.8. The van der Waals surface area contributed by atoms with Crippen molar-refractivity contribution in [2.24, 2.45) is 5.92 Å². The number of carbonyl (C=O) groups excluding carboxylic acids is 1. The lowest BCUT2D eigenvalue weighted by Gasteiger charge is -2.37. The van der Waals surface area contributed by atoms with Gasteiger partial charge < -0.3 is 15.3 Å². The van der Waals surface area contributed by atoms with Crippen LogP contribution in [0.15, 0.2) is 36.4 Å². The molecule has 2 aromatic carbocycles. The third-order valence-corrected chi connectivity index (χ3v) is 10.2. The summed E-state index contributed by atoms with van der Waals surface area (Å²) in [5.41, 5.74) is -3.97. The molecule has 1 atom stereocenters. The van der Waals surface area contributed by atoms with Crippen molar-refractivity contribution in [2.75, 3.05) is 43.9 Å². The number of nitriles is 1. The molecule has 264 valence electrons. The molecule has 7 nitrogen and oxygen atoms in total. The second kappa shape index (κ2) is 14.0. The van der Waals surface area contributed by atoms with Crippen molar-refractivity contribution in [3.63, 3.8) is 0 Å². The highest BCUT2D eigenvalue weighted by Gasteiger charge is 2.40. The van der Waals surface area contributed by atoms with Gasteiger partial charge in [0.25, 0.3) is 0 Å². The number of rotatable bonds is 10. The van der Waals surface area contributed by atoms with Crippen LogP contribution in [-0.4, -0.2) is 61.5 Å². The fourth-order valence-corrected chi connectivity index (χ4v) is 7.48. The van der Waals surface area contributed by atoms with Crippen LogP contribution >= 0.6 is 11.3 Å². The van der Waals surface area contributed by atoms with E-state index in [1.807, 2.05) is 4.90 Å². The molecule has 1 aliphatic rings. The zero-order valence-electron chi connectivity index (χ0n) is 27.3. The zero-order chi connectivity index (χ0) is 36.6. The average Bonchev–Trinajstić information content (AvgIpc) is 3.36. The Labute approximate surface area is 282 Å². The van der Waals surface area contributed by atoms with Crippen molar-refractivity contribution in [3.05, 3.63) is 70.0 Å². The maximum Gasteiger partial charge on any atom is 0.416 e. The summed E-state index contributed by atoms with van der Waals surface area (Å²) < 4.78 is 95.5. The molecule has 0 saturated carbocycles. The van der Waals surface area contributed by atoms with Crippen LogP contribution in [0.2, 0.25) is 0 Å². The van der Waals surface area contributed by atoms with Gasteiger partial charge in [-0.15, -0.1) is 11.3 Å². The lowest BCUT2D eigenvalue weighted by atomic mass is 9.79. The Hall–Kier alpha value is -4.16. The van der Waals surface area contributed by atoms with Crippen molar-refractivity contribution in [1.29, 1.82) is 5.26 Å². The van der Waals surface area contributed by atoms with Gasteiger partial charge in [-0.3, -0.25) is 14.5 Å². The minimum atomic E-state index is -5.10. The number of likely N-dealkylation sites (N-methyl/N-ethyl adjacent to an activating group) is 1. The molecule has 0 aliphatic carbocycles. The van der Waals surface area contributed by atoms with E-state index in [0.29, 0.717) is 59.1 Å². The van der Waals surface area contributed by atoms with Crippen LogP contribution in [0.5, 0.6) is 0 Å². The molecule has 15 heteroatoms. The molecule has 3 aromatic rings. The maximum atomic E-state index is 14.1. The van der Waals surface area contributed by atoms with Crippen LogP contribution in [0.4, 0.5) is 41.4 Å². The number of alkyl halides is 6. The van der Waals surface area contributed by atoms with Crippen molar-refractivity contribution in [1.82, 2.24) is 4.90 Å². The van der Waals surface area contributed by atoms with Crippen LogP contribution in [0.1, 0.15) is 54.5 Å². The topological polar surface area (TPSA) is 96.7 Å². The third-order valence-electron chi connectivity index (χ3n) is 8.95. The van der Waals surface area contributed by atoms with Crippen LogP contribution in [0, 0.1) is 30.0 Å². The summed E-state index contributed by atoms with van der Waals surface area (Å²) in [6.45, 7) is 4.39. The Kier molecular flexibility index (Phi) is 10.7. The minimum Gasteiger partial charge on any atom is -0.480 e. The predicted octanol–water partition coefficient (Wildman–Crippen LogP) is 7.96. The van der Waals surface area contributed by atoms with Gasteiger partial charge in [-0.05, 0) is 101 Å². The van der Waals surface area contributed by atoms with Gasteiger partial charge >= 0.3 is 18.3 Å². The highest BCUT2D eigenvalue weighted by molar-refractivity contribution is 7.20. The molecule has 0 spiro atoms. The lowest BCUT2D eigenvalue weighted by molar-refractivity contribution is -0.145. The number of aryl methyl sites for hydroxylation is 1. The van der Waals surface area contributed by atoms with Crippen molar-refractivity contribution in [2.45, 2.75) is 57.4 Å². The standard InChI is InChI=1S/C34H35F7N4O3S/c1-18-12-23(35)6-7-24(18)29-27(25(16-42)30(49-29)45-10-8-19(9-11-45)28(31(47)48)44(4)5)43-17-26(46)32(2,3)20-13-21(33(36,37)38)15-22(14-20)34(39,40)41/h6-7,12-15,19,28,43H,8-11,17H2,1-5H3,(H,47,48). The molecule has 1 aliphatic heterocycles. The normalized spacial score (nSPS) is 15.3. The predicted molar refractivity (Wildman–Crippen MR) is 172 cm³/mol. The fraction of sp³-hybridized carbons (Fsp3) is 0.441. The van der Waals surface area contributed by atoms with E-state index in [4.69, 9.17) is 0 Å². The van der Waals surface area contributed by atoms with Crippen molar-refractivity contribution in [3.8, 4) is 16.5 Å². The van der Waals surface area contributed by atoms with Gasteiger partial charge in [0.15, 0.2) is 5.78 Å². The van der Waals surface area contributed by atoms with Crippen LogP contribution in [-0.2, 0) is 27.4 Å². The Morgan fingerprint density at radius 1 is 1.02 bits per heavy atom. The number of carboxylic acid groups (broad SMARTS) is 1. The number of carbonyl (C=O) groups is 2. The molecule has 2 N–H and O–H groups in total. The molecule has 1 saturated heterocycles. The number of nitrogens with zero attached hydrogens (tertiary/aromatic N) is 3. The van der Waals surface area contributed by atoms with Gasteiger partial charge in [0.2, 0.25) is 0 Å². The fourth-order valence-electron chi connectivity index (χ4n) is 6.11. The summed E-state index contributed by atoms with van der Waals surface area (Å²) in [7, 11) is 3.39. The van der Waals surface area contributed by atoms with E-state index in [-0.39, 0.29) is 23.2 Å². The summed E-state index contributed by atoms with van der Waals surface area (Å²) in [6.07, 6.45) is -9.18. The van der Waals surface area contributed by atoms with Crippen LogP contribution in [0.25, 0.3) is 10.4 Å². The number of halogens is 7. The number of piperidine rings is 1. The van der Waals surface area contributed by atoms with Gasteiger partial charge in [0.1, 0.15) is 28.5 Å². The van der Waals surface area contributed by atoms with E-state index in [0.717, 1.165) is 0 Å². The average molecular weight is 713 g/mol.